The van der Waals surface area contributed by atoms with Gasteiger partial charge in [-0.15, -0.1) is 0 Å². The van der Waals surface area contributed by atoms with E-state index in [0.29, 0.717) is 29.7 Å². The third-order valence-electron chi connectivity index (χ3n) is 5.43. The van der Waals surface area contributed by atoms with Gasteiger partial charge in [-0.2, -0.15) is 0 Å². The van der Waals surface area contributed by atoms with Crippen LogP contribution in [0, 0.1) is 5.82 Å². The van der Waals surface area contributed by atoms with Crippen LogP contribution in [0.25, 0.3) is 0 Å². The number of amides is 1. The number of halogens is 2. The molecule has 0 radical (unpaired) electrons. The van der Waals surface area contributed by atoms with E-state index in [1.165, 1.54) is 6.07 Å². The van der Waals surface area contributed by atoms with Crippen LogP contribution in [0.5, 0.6) is 5.75 Å². The third-order valence-corrected chi connectivity index (χ3v) is 5.93. The molecule has 1 aliphatic carbocycles. The zero-order valence-electron chi connectivity index (χ0n) is 15.3. The van der Waals surface area contributed by atoms with Crippen molar-refractivity contribution >= 4 is 27.6 Å². The molecule has 1 amide bonds. The van der Waals surface area contributed by atoms with E-state index >= 15 is 0 Å². The largest absolute Gasteiger partial charge is 0.497 e. The first-order chi connectivity index (χ1) is 13.5. The SMILES string of the molecule is COc1cccc(C2CC(=O)C3=C(C2)NC(=O)CC3c2cc(Br)ccc2F)c1. The molecule has 2 atom stereocenters. The summed E-state index contributed by atoms with van der Waals surface area (Å²) in [7, 11) is 1.60. The summed E-state index contributed by atoms with van der Waals surface area (Å²) in [6, 6.07) is 12.2. The lowest BCUT2D eigenvalue weighted by molar-refractivity contribution is -0.122. The second kappa shape index (κ2) is 7.51. The van der Waals surface area contributed by atoms with E-state index in [4.69, 9.17) is 4.74 Å². The molecular weight excluding hydrogens is 425 g/mol. The first kappa shape index (κ1) is 18.9. The van der Waals surface area contributed by atoms with Gasteiger partial charge in [0, 0.05) is 34.5 Å². The quantitative estimate of drug-likeness (QED) is 0.753. The molecule has 2 aliphatic rings. The minimum atomic E-state index is -0.556. The van der Waals surface area contributed by atoms with Crippen LogP contribution < -0.4 is 10.1 Å². The Morgan fingerprint density at radius 3 is 2.71 bits per heavy atom. The highest BCUT2D eigenvalue weighted by Gasteiger charge is 2.39. The van der Waals surface area contributed by atoms with Crippen LogP contribution in [-0.4, -0.2) is 18.8 Å². The van der Waals surface area contributed by atoms with E-state index < -0.39 is 11.7 Å². The number of rotatable bonds is 3. The number of carbonyl (C=O) groups excluding carboxylic acids is 2. The van der Waals surface area contributed by atoms with Gasteiger partial charge >= 0.3 is 0 Å². The van der Waals surface area contributed by atoms with Gasteiger partial charge in [0.25, 0.3) is 0 Å². The summed E-state index contributed by atoms with van der Waals surface area (Å²) in [6.07, 6.45) is 0.932. The van der Waals surface area contributed by atoms with Gasteiger partial charge in [-0.05, 0) is 53.8 Å². The van der Waals surface area contributed by atoms with E-state index in [9.17, 15) is 14.0 Å². The average molecular weight is 444 g/mol. The summed E-state index contributed by atoms with van der Waals surface area (Å²) < 4.78 is 20.5. The van der Waals surface area contributed by atoms with Gasteiger partial charge in [-0.3, -0.25) is 9.59 Å². The summed E-state index contributed by atoms with van der Waals surface area (Å²) in [5.41, 5.74) is 2.52. The molecule has 0 saturated carbocycles. The third kappa shape index (κ3) is 3.49. The number of Topliss-reactive ketones (excluding diaryl/α,β-unsaturated/α-hetero) is 1. The molecule has 2 aromatic carbocycles. The van der Waals surface area contributed by atoms with Gasteiger partial charge in [-0.25, -0.2) is 4.39 Å². The Labute approximate surface area is 170 Å². The minimum absolute atomic E-state index is 0.0431. The zero-order valence-corrected chi connectivity index (χ0v) is 16.9. The van der Waals surface area contributed by atoms with Crippen LogP contribution in [0.15, 0.2) is 58.2 Å². The van der Waals surface area contributed by atoms with Crippen molar-refractivity contribution in [3.05, 3.63) is 75.2 Å². The topological polar surface area (TPSA) is 55.4 Å². The van der Waals surface area contributed by atoms with Gasteiger partial charge in [0.05, 0.1) is 7.11 Å². The van der Waals surface area contributed by atoms with Gasteiger partial charge in [0.2, 0.25) is 5.91 Å². The lowest BCUT2D eigenvalue weighted by Gasteiger charge is -2.34. The van der Waals surface area contributed by atoms with Crippen LogP contribution in [0.4, 0.5) is 4.39 Å². The molecular formula is C22H19BrFNO3. The Kier molecular flexibility index (Phi) is 5.06. The molecule has 0 aromatic heterocycles. The van der Waals surface area contributed by atoms with Crippen molar-refractivity contribution in [3.63, 3.8) is 0 Å². The first-order valence-corrected chi connectivity index (χ1v) is 9.90. The van der Waals surface area contributed by atoms with E-state index in [0.717, 1.165) is 15.8 Å². The van der Waals surface area contributed by atoms with Crippen molar-refractivity contribution in [2.45, 2.75) is 31.1 Å². The number of hydrogen-bond acceptors (Lipinski definition) is 3. The molecule has 1 N–H and O–H groups in total. The number of carbonyl (C=O) groups is 2. The summed E-state index contributed by atoms with van der Waals surface area (Å²) in [5, 5.41) is 2.87. The molecule has 144 valence electrons. The fourth-order valence-electron chi connectivity index (χ4n) is 4.14. The maximum Gasteiger partial charge on any atom is 0.225 e. The number of ether oxygens (including phenoxy) is 1. The Morgan fingerprint density at radius 1 is 1.11 bits per heavy atom. The normalized spacial score (nSPS) is 22.0. The monoisotopic (exact) mass is 443 g/mol. The Balaban J connectivity index is 1.73. The molecule has 0 bridgehead atoms. The van der Waals surface area contributed by atoms with Crippen LogP contribution in [0.1, 0.15) is 42.2 Å². The lowest BCUT2D eigenvalue weighted by Crippen LogP contribution is -2.38. The minimum Gasteiger partial charge on any atom is -0.497 e. The van der Waals surface area contributed by atoms with Gasteiger partial charge in [-0.1, -0.05) is 28.1 Å². The number of methoxy groups -OCH3 is 1. The Hall–Kier alpha value is -2.47. The highest BCUT2D eigenvalue weighted by molar-refractivity contribution is 9.10. The molecule has 0 saturated heterocycles. The molecule has 6 heteroatoms. The molecule has 2 unspecified atom stereocenters. The standard InChI is InChI=1S/C22H19BrFNO3/c1-28-15-4-2-3-12(7-15)13-8-19-22(20(26)9-13)17(11-21(27)25-19)16-10-14(23)5-6-18(16)24/h2-7,10,13,17H,8-9,11H2,1H3,(H,25,27). The van der Waals surface area contributed by atoms with Crippen LogP contribution >= 0.6 is 15.9 Å². The Bertz CT molecular complexity index is 1000. The number of nitrogens with one attached hydrogen (secondary N) is 1. The second-order valence-corrected chi connectivity index (χ2v) is 8.08. The fraction of sp³-hybridized carbons (Fsp3) is 0.273. The van der Waals surface area contributed by atoms with Crippen molar-refractivity contribution in [2.75, 3.05) is 7.11 Å². The molecule has 28 heavy (non-hydrogen) atoms. The summed E-state index contributed by atoms with van der Waals surface area (Å²) >= 11 is 3.35. The number of benzene rings is 2. The summed E-state index contributed by atoms with van der Waals surface area (Å²) in [5.74, 6) is -0.516. The molecule has 2 aromatic rings. The fourth-order valence-corrected chi connectivity index (χ4v) is 4.52. The predicted octanol–water partition coefficient (Wildman–Crippen LogP) is 4.60. The van der Waals surface area contributed by atoms with Gasteiger partial charge in [0.15, 0.2) is 5.78 Å². The van der Waals surface area contributed by atoms with Gasteiger partial charge < -0.3 is 10.1 Å². The molecule has 4 rings (SSSR count). The summed E-state index contributed by atoms with van der Waals surface area (Å²) in [4.78, 5) is 25.4. The molecule has 4 nitrogen and oxygen atoms in total. The highest BCUT2D eigenvalue weighted by Crippen LogP contribution is 2.43. The maximum atomic E-state index is 14.5. The van der Waals surface area contributed by atoms with E-state index in [1.807, 2.05) is 24.3 Å². The van der Waals surface area contributed by atoms with Crippen LogP contribution in [0.3, 0.4) is 0 Å². The van der Waals surface area contributed by atoms with Crippen LogP contribution in [-0.2, 0) is 9.59 Å². The lowest BCUT2D eigenvalue weighted by atomic mass is 9.73. The number of hydrogen-bond donors (Lipinski definition) is 1. The van der Waals surface area contributed by atoms with E-state index in [1.54, 1.807) is 19.2 Å². The molecule has 1 aliphatic heterocycles. The first-order valence-electron chi connectivity index (χ1n) is 9.11. The zero-order chi connectivity index (χ0) is 19.8. The van der Waals surface area contributed by atoms with Gasteiger partial charge in [0.1, 0.15) is 11.6 Å². The molecule has 0 spiro atoms. The highest BCUT2D eigenvalue weighted by atomic mass is 79.9. The average Bonchev–Trinajstić information content (AvgIpc) is 2.68. The van der Waals surface area contributed by atoms with Crippen molar-refractivity contribution in [2.24, 2.45) is 0 Å². The number of allylic oxidation sites excluding steroid dienone is 2. The maximum absolute atomic E-state index is 14.5. The number of ketones is 1. The van der Waals surface area contributed by atoms with E-state index in [-0.39, 0.29) is 24.0 Å². The molecule has 1 heterocycles. The van der Waals surface area contributed by atoms with Crippen LogP contribution in [0.2, 0.25) is 0 Å². The smallest absolute Gasteiger partial charge is 0.225 e. The van der Waals surface area contributed by atoms with Crippen molar-refractivity contribution in [1.82, 2.24) is 5.32 Å². The Morgan fingerprint density at radius 2 is 1.93 bits per heavy atom. The van der Waals surface area contributed by atoms with E-state index in [2.05, 4.69) is 21.2 Å². The van der Waals surface area contributed by atoms with Crippen molar-refractivity contribution < 1.29 is 18.7 Å². The molecule has 0 fully saturated rings. The van der Waals surface area contributed by atoms with Crippen molar-refractivity contribution in [1.29, 1.82) is 0 Å². The second-order valence-electron chi connectivity index (χ2n) is 7.17. The summed E-state index contributed by atoms with van der Waals surface area (Å²) in [6.45, 7) is 0. The van der Waals surface area contributed by atoms with Crippen molar-refractivity contribution in [3.8, 4) is 5.75 Å². The predicted molar refractivity (Wildman–Crippen MR) is 107 cm³/mol.